The Morgan fingerprint density at radius 2 is 2.04 bits per heavy atom. The molecule has 1 aromatic heterocycles. The summed E-state index contributed by atoms with van der Waals surface area (Å²) in [4.78, 5) is 15.7. The third-order valence-electron chi connectivity index (χ3n) is 4.64. The van der Waals surface area contributed by atoms with Gasteiger partial charge in [0.15, 0.2) is 0 Å². The highest BCUT2D eigenvalue weighted by molar-refractivity contribution is 5.69. The zero-order valence-electron chi connectivity index (χ0n) is 14.2. The maximum atomic E-state index is 10.9. The Balaban J connectivity index is 1.58. The van der Waals surface area contributed by atoms with Crippen LogP contribution in [0.3, 0.4) is 0 Å². The van der Waals surface area contributed by atoms with Gasteiger partial charge in [-0.2, -0.15) is 0 Å². The Bertz CT molecular complexity index is 501. The van der Waals surface area contributed by atoms with E-state index in [9.17, 15) is 4.79 Å². The third kappa shape index (κ3) is 5.94. The Labute approximate surface area is 139 Å². The van der Waals surface area contributed by atoms with Gasteiger partial charge >= 0.3 is 5.97 Å². The molecule has 0 spiro atoms. The Kier molecular flexibility index (Phi) is 7.53. The van der Waals surface area contributed by atoms with Crippen LogP contribution in [0.15, 0.2) is 12.1 Å². The van der Waals surface area contributed by atoms with E-state index < -0.39 is 5.97 Å². The fourth-order valence-electron chi connectivity index (χ4n) is 3.16. The smallest absolute Gasteiger partial charge is 0.306 e. The minimum absolute atomic E-state index is 0.224. The van der Waals surface area contributed by atoms with Gasteiger partial charge in [-0.05, 0) is 69.4 Å². The minimum atomic E-state index is -0.689. The lowest BCUT2D eigenvalue weighted by Gasteiger charge is -2.15. The summed E-state index contributed by atoms with van der Waals surface area (Å²) >= 11 is 0. The molecule has 0 saturated heterocycles. The Morgan fingerprint density at radius 1 is 1.26 bits per heavy atom. The predicted molar refractivity (Wildman–Crippen MR) is 90.7 cm³/mol. The average Bonchev–Trinajstić information content (AvgIpc) is 2.57. The number of fused-ring (bicyclic) bond motifs is 1. The van der Waals surface area contributed by atoms with Crippen molar-refractivity contribution in [1.82, 2.24) is 4.98 Å². The molecule has 0 amide bonds. The second-order valence-corrected chi connectivity index (χ2v) is 6.42. The maximum Gasteiger partial charge on any atom is 0.306 e. The van der Waals surface area contributed by atoms with E-state index in [-0.39, 0.29) is 5.92 Å². The van der Waals surface area contributed by atoms with Gasteiger partial charge < -0.3 is 9.84 Å². The van der Waals surface area contributed by atoms with Crippen molar-refractivity contribution >= 4 is 5.97 Å². The van der Waals surface area contributed by atoms with Crippen molar-refractivity contribution in [3.8, 4) is 0 Å². The second kappa shape index (κ2) is 9.66. The van der Waals surface area contributed by atoms with Crippen LogP contribution in [0.1, 0.15) is 62.4 Å². The number of rotatable bonds is 10. The maximum absolute atomic E-state index is 10.9. The number of carbonyl (C=O) groups is 1. The first-order valence-corrected chi connectivity index (χ1v) is 8.99. The fraction of sp³-hybridized carbons (Fsp3) is 0.684. The summed E-state index contributed by atoms with van der Waals surface area (Å²) in [6.45, 7) is 3.30. The second-order valence-electron chi connectivity index (χ2n) is 6.42. The molecule has 4 heteroatoms. The molecule has 23 heavy (non-hydrogen) atoms. The van der Waals surface area contributed by atoms with Gasteiger partial charge in [-0.15, -0.1) is 0 Å². The van der Waals surface area contributed by atoms with Gasteiger partial charge in [0, 0.05) is 24.6 Å². The first-order valence-electron chi connectivity index (χ1n) is 8.99. The van der Waals surface area contributed by atoms with Crippen LogP contribution in [0.4, 0.5) is 0 Å². The SMILES string of the molecule is CCC(CCCOCCCc1ccc2c(n1)CCCC2)C(=O)O. The molecular weight excluding hydrogens is 290 g/mol. The zero-order chi connectivity index (χ0) is 16.5. The fourth-order valence-corrected chi connectivity index (χ4v) is 3.16. The number of ether oxygens (including phenoxy) is 1. The summed E-state index contributed by atoms with van der Waals surface area (Å²) in [6.07, 6.45) is 9.02. The van der Waals surface area contributed by atoms with Crippen LogP contribution in [0.2, 0.25) is 0 Å². The van der Waals surface area contributed by atoms with Gasteiger partial charge in [-0.25, -0.2) is 0 Å². The molecule has 1 unspecified atom stereocenters. The highest BCUT2D eigenvalue weighted by Crippen LogP contribution is 2.20. The van der Waals surface area contributed by atoms with E-state index in [1.165, 1.54) is 36.2 Å². The van der Waals surface area contributed by atoms with Crippen molar-refractivity contribution in [2.75, 3.05) is 13.2 Å². The first kappa shape index (κ1) is 17.9. The van der Waals surface area contributed by atoms with Gasteiger partial charge in [0.1, 0.15) is 0 Å². The molecule has 128 valence electrons. The molecule has 0 saturated carbocycles. The quantitative estimate of drug-likeness (QED) is 0.666. The molecule has 1 heterocycles. The Hall–Kier alpha value is -1.42. The van der Waals surface area contributed by atoms with Crippen molar-refractivity contribution in [2.45, 2.75) is 64.7 Å². The van der Waals surface area contributed by atoms with Crippen molar-refractivity contribution in [3.63, 3.8) is 0 Å². The number of carboxylic acid groups (broad SMARTS) is 1. The number of nitrogens with zero attached hydrogens (tertiary/aromatic N) is 1. The van der Waals surface area contributed by atoms with Crippen LogP contribution in [0.5, 0.6) is 0 Å². The molecule has 0 fully saturated rings. The predicted octanol–water partition coefficient (Wildman–Crippen LogP) is 3.80. The van der Waals surface area contributed by atoms with Gasteiger partial charge in [-0.1, -0.05) is 13.0 Å². The van der Waals surface area contributed by atoms with E-state index in [1.54, 1.807) is 0 Å². The van der Waals surface area contributed by atoms with Crippen LogP contribution < -0.4 is 0 Å². The van der Waals surface area contributed by atoms with Crippen LogP contribution in [-0.4, -0.2) is 29.3 Å². The monoisotopic (exact) mass is 319 g/mol. The summed E-state index contributed by atoms with van der Waals surface area (Å²) in [7, 11) is 0. The molecule has 1 aliphatic carbocycles. The number of aliphatic carboxylic acids is 1. The van der Waals surface area contributed by atoms with Crippen molar-refractivity contribution in [1.29, 1.82) is 0 Å². The molecule has 0 bridgehead atoms. The van der Waals surface area contributed by atoms with Crippen LogP contribution in [-0.2, 0) is 28.8 Å². The zero-order valence-corrected chi connectivity index (χ0v) is 14.2. The van der Waals surface area contributed by atoms with E-state index in [4.69, 9.17) is 14.8 Å². The van der Waals surface area contributed by atoms with Gasteiger partial charge in [0.05, 0.1) is 5.92 Å². The number of hydrogen-bond acceptors (Lipinski definition) is 3. The standard InChI is InChI=1S/C19H29NO3/c1-2-15(19(21)22)8-5-13-23-14-6-9-17-12-11-16-7-3-4-10-18(16)20-17/h11-12,15H,2-10,13-14H2,1H3,(H,21,22). The van der Waals surface area contributed by atoms with E-state index in [0.717, 1.165) is 32.3 Å². The molecule has 1 atom stereocenters. The molecule has 0 aromatic carbocycles. The van der Waals surface area contributed by atoms with E-state index in [0.29, 0.717) is 19.4 Å². The molecule has 1 N–H and O–H groups in total. The normalized spacial score (nSPS) is 15.2. The lowest BCUT2D eigenvalue weighted by Crippen LogP contribution is -2.13. The molecule has 1 aromatic rings. The molecule has 0 radical (unpaired) electrons. The lowest BCUT2D eigenvalue weighted by atomic mass is 9.95. The number of carboxylic acids is 1. The summed E-state index contributed by atoms with van der Waals surface area (Å²) < 4.78 is 5.62. The lowest BCUT2D eigenvalue weighted by molar-refractivity contribution is -0.142. The summed E-state index contributed by atoms with van der Waals surface area (Å²) in [5, 5.41) is 8.98. The molecule has 0 aliphatic heterocycles. The number of hydrogen-bond donors (Lipinski definition) is 1. The number of aromatic nitrogens is 1. The number of aryl methyl sites for hydroxylation is 3. The number of pyridine rings is 1. The van der Waals surface area contributed by atoms with E-state index in [2.05, 4.69) is 12.1 Å². The van der Waals surface area contributed by atoms with Crippen molar-refractivity contribution < 1.29 is 14.6 Å². The summed E-state index contributed by atoms with van der Waals surface area (Å²) in [5.74, 6) is -0.913. The van der Waals surface area contributed by atoms with Gasteiger partial charge in [0.25, 0.3) is 0 Å². The van der Waals surface area contributed by atoms with Crippen LogP contribution in [0.25, 0.3) is 0 Å². The minimum Gasteiger partial charge on any atom is -0.481 e. The average molecular weight is 319 g/mol. The van der Waals surface area contributed by atoms with Gasteiger partial charge in [-0.3, -0.25) is 9.78 Å². The van der Waals surface area contributed by atoms with Crippen LogP contribution >= 0.6 is 0 Å². The van der Waals surface area contributed by atoms with Crippen molar-refractivity contribution in [2.24, 2.45) is 5.92 Å². The van der Waals surface area contributed by atoms with Gasteiger partial charge in [0.2, 0.25) is 0 Å². The molecular formula is C19H29NO3. The summed E-state index contributed by atoms with van der Waals surface area (Å²) in [5.41, 5.74) is 3.90. The largest absolute Gasteiger partial charge is 0.481 e. The van der Waals surface area contributed by atoms with Crippen LogP contribution in [0, 0.1) is 5.92 Å². The highest BCUT2D eigenvalue weighted by Gasteiger charge is 2.14. The molecule has 4 nitrogen and oxygen atoms in total. The van der Waals surface area contributed by atoms with E-state index >= 15 is 0 Å². The first-order chi connectivity index (χ1) is 11.2. The topological polar surface area (TPSA) is 59.4 Å². The molecule has 1 aliphatic rings. The highest BCUT2D eigenvalue weighted by atomic mass is 16.5. The Morgan fingerprint density at radius 3 is 2.83 bits per heavy atom. The summed E-state index contributed by atoms with van der Waals surface area (Å²) in [6, 6.07) is 4.40. The third-order valence-corrected chi connectivity index (χ3v) is 4.64. The van der Waals surface area contributed by atoms with E-state index in [1.807, 2.05) is 6.92 Å². The molecule has 2 rings (SSSR count). The van der Waals surface area contributed by atoms with Crippen molar-refractivity contribution in [3.05, 3.63) is 29.1 Å².